The van der Waals surface area contributed by atoms with Crippen LogP contribution >= 0.6 is 0 Å². The van der Waals surface area contributed by atoms with Gasteiger partial charge in [0.1, 0.15) is 6.61 Å². The summed E-state index contributed by atoms with van der Waals surface area (Å²) in [4.78, 5) is 14.4. The lowest BCUT2D eigenvalue weighted by Crippen LogP contribution is -2.36. The van der Waals surface area contributed by atoms with E-state index in [0.717, 1.165) is 6.42 Å². The maximum Gasteiger partial charge on any atom is 0.255 e. The fourth-order valence-electron chi connectivity index (χ4n) is 2.26. The molecule has 0 spiro atoms. The molecule has 4 nitrogen and oxygen atoms in total. The zero-order valence-electron chi connectivity index (χ0n) is 11.6. The van der Waals surface area contributed by atoms with Gasteiger partial charge in [-0.15, -0.1) is 0 Å². The van der Waals surface area contributed by atoms with E-state index >= 15 is 0 Å². The van der Waals surface area contributed by atoms with Crippen LogP contribution in [0.1, 0.15) is 29.3 Å². The first-order valence-electron chi connectivity index (χ1n) is 6.82. The molecule has 0 aliphatic carbocycles. The molecule has 0 saturated carbocycles. The second-order valence-corrected chi connectivity index (χ2v) is 4.79. The van der Waals surface area contributed by atoms with Gasteiger partial charge >= 0.3 is 0 Å². The Kier molecular flexibility index (Phi) is 5.16. The average molecular weight is 273 g/mol. The monoisotopic (exact) mass is 273 g/mol. The minimum absolute atomic E-state index is 0.0230. The highest BCUT2D eigenvalue weighted by Crippen LogP contribution is 2.14. The average Bonchev–Trinajstić information content (AvgIpc) is 2.69. The van der Waals surface area contributed by atoms with E-state index in [1.54, 1.807) is 12.1 Å². The summed E-state index contributed by atoms with van der Waals surface area (Å²) in [5.74, 6) is 5.40. The number of hydrogen-bond donors (Lipinski definition) is 1. The molecule has 1 aromatic rings. The smallest absolute Gasteiger partial charge is 0.255 e. The van der Waals surface area contributed by atoms with Crippen molar-refractivity contribution in [1.82, 2.24) is 4.90 Å². The van der Waals surface area contributed by atoms with Crippen molar-refractivity contribution in [3.8, 4) is 11.8 Å². The standard InChI is InChI=1S/C16H19NO3/c1-13-12-17(9-5-11-20-13)16(19)15-8-3-2-6-14(15)7-4-10-18/h2-3,6,8,13,18H,5,9-12H2,1H3. The lowest BCUT2D eigenvalue weighted by Gasteiger charge is -2.22. The second-order valence-electron chi connectivity index (χ2n) is 4.79. The highest BCUT2D eigenvalue weighted by molar-refractivity contribution is 5.96. The van der Waals surface area contributed by atoms with Gasteiger partial charge in [0.25, 0.3) is 5.91 Å². The van der Waals surface area contributed by atoms with Gasteiger partial charge in [0.05, 0.1) is 11.7 Å². The van der Waals surface area contributed by atoms with Gasteiger partial charge in [0.2, 0.25) is 0 Å². The third-order valence-corrected chi connectivity index (χ3v) is 3.20. The highest BCUT2D eigenvalue weighted by atomic mass is 16.5. The minimum Gasteiger partial charge on any atom is -0.384 e. The van der Waals surface area contributed by atoms with Crippen LogP contribution in [-0.2, 0) is 4.74 Å². The Morgan fingerprint density at radius 2 is 2.30 bits per heavy atom. The molecule has 1 heterocycles. The minimum atomic E-state index is -0.211. The van der Waals surface area contributed by atoms with Crippen molar-refractivity contribution in [2.45, 2.75) is 19.4 Å². The van der Waals surface area contributed by atoms with Crippen molar-refractivity contribution in [2.75, 3.05) is 26.3 Å². The Morgan fingerprint density at radius 3 is 3.10 bits per heavy atom. The highest BCUT2D eigenvalue weighted by Gasteiger charge is 2.22. The van der Waals surface area contributed by atoms with Crippen LogP contribution in [0.3, 0.4) is 0 Å². The molecule has 1 amide bonds. The fourth-order valence-corrected chi connectivity index (χ4v) is 2.26. The number of hydrogen-bond acceptors (Lipinski definition) is 3. The Labute approximate surface area is 119 Å². The molecule has 1 atom stereocenters. The number of carbonyl (C=O) groups excluding carboxylic acids is 1. The van der Waals surface area contributed by atoms with Gasteiger partial charge in [0.15, 0.2) is 0 Å². The molecule has 1 aliphatic heterocycles. The molecule has 106 valence electrons. The van der Waals surface area contributed by atoms with E-state index < -0.39 is 0 Å². The van der Waals surface area contributed by atoms with E-state index in [1.807, 2.05) is 24.0 Å². The van der Waals surface area contributed by atoms with Gasteiger partial charge in [-0.3, -0.25) is 4.79 Å². The van der Waals surface area contributed by atoms with Gasteiger partial charge in [-0.2, -0.15) is 0 Å². The van der Waals surface area contributed by atoms with E-state index in [4.69, 9.17) is 9.84 Å². The van der Waals surface area contributed by atoms with Crippen molar-refractivity contribution in [1.29, 1.82) is 0 Å². The molecule has 1 fully saturated rings. The van der Waals surface area contributed by atoms with Gasteiger partial charge < -0.3 is 14.7 Å². The van der Waals surface area contributed by atoms with Crippen LogP contribution < -0.4 is 0 Å². The summed E-state index contributed by atoms with van der Waals surface area (Å²) in [5.41, 5.74) is 1.24. The molecule has 1 N–H and O–H groups in total. The van der Waals surface area contributed by atoms with Crippen molar-refractivity contribution >= 4 is 5.91 Å². The Balaban J connectivity index is 2.23. The third-order valence-electron chi connectivity index (χ3n) is 3.20. The number of nitrogens with zero attached hydrogens (tertiary/aromatic N) is 1. The second kappa shape index (κ2) is 7.09. The van der Waals surface area contributed by atoms with Crippen molar-refractivity contribution < 1.29 is 14.6 Å². The molecule has 0 aromatic heterocycles. The number of carbonyl (C=O) groups is 1. The quantitative estimate of drug-likeness (QED) is 0.784. The van der Waals surface area contributed by atoms with Crippen LogP contribution in [0.5, 0.6) is 0 Å². The number of benzene rings is 1. The van der Waals surface area contributed by atoms with Crippen LogP contribution in [0.2, 0.25) is 0 Å². The summed E-state index contributed by atoms with van der Waals surface area (Å²) >= 11 is 0. The van der Waals surface area contributed by atoms with Gasteiger partial charge in [0, 0.05) is 25.3 Å². The predicted octanol–water partition coefficient (Wildman–Crippen LogP) is 1.28. The Bertz CT molecular complexity index is 530. The molecular formula is C16H19NO3. The predicted molar refractivity (Wildman–Crippen MR) is 76.3 cm³/mol. The molecule has 20 heavy (non-hydrogen) atoms. The maximum atomic E-state index is 12.6. The first-order chi connectivity index (χ1) is 9.72. The number of amides is 1. The van der Waals surface area contributed by atoms with E-state index in [-0.39, 0.29) is 18.6 Å². The van der Waals surface area contributed by atoms with E-state index in [1.165, 1.54) is 0 Å². The zero-order valence-corrected chi connectivity index (χ0v) is 11.6. The molecule has 1 aromatic carbocycles. The number of aliphatic hydroxyl groups is 1. The summed E-state index contributed by atoms with van der Waals surface area (Å²) in [7, 11) is 0. The number of rotatable bonds is 1. The molecule has 1 saturated heterocycles. The first kappa shape index (κ1) is 14.6. The largest absolute Gasteiger partial charge is 0.384 e. The van der Waals surface area contributed by atoms with Crippen LogP contribution in [0.4, 0.5) is 0 Å². The van der Waals surface area contributed by atoms with Gasteiger partial charge in [-0.1, -0.05) is 24.0 Å². The van der Waals surface area contributed by atoms with Gasteiger partial charge in [-0.05, 0) is 25.5 Å². The van der Waals surface area contributed by atoms with Gasteiger partial charge in [-0.25, -0.2) is 0 Å². The van der Waals surface area contributed by atoms with Crippen molar-refractivity contribution in [2.24, 2.45) is 0 Å². The normalized spacial score (nSPS) is 18.9. The molecule has 4 heteroatoms. The van der Waals surface area contributed by atoms with Crippen molar-refractivity contribution in [3.05, 3.63) is 35.4 Å². The van der Waals surface area contributed by atoms with Crippen LogP contribution in [-0.4, -0.2) is 48.3 Å². The Hall–Kier alpha value is -1.83. The van der Waals surface area contributed by atoms with E-state index in [2.05, 4.69) is 11.8 Å². The summed E-state index contributed by atoms with van der Waals surface area (Å²) in [6.45, 7) is 3.75. The number of aliphatic hydroxyl groups excluding tert-OH is 1. The third kappa shape index (κ3) is 3.60. The molecular weight excluding hydrogens is 254 g/mol. The summed E-state index contributed by atoms with van der Waals surface area (Å²) < 4.78 is 5.56. The zero-order chi connectivity index (χ0) is 14.4. The summed E-state index contributed by atoms with van der Waals surface area (Å²) in [6.07, 6.45) is 0.901. The molecule has 0 radical (unpaired) electrons. The summed E-state index contributed by atoms with van der Waals surface area (Å²) in [6, 6.07) is 7.25. The molecule has 2 rings (SSSR count). The molecule has 1 unspecified atom stereocenters. The van der Waals surface area contributed by atoms with Crippen LogP contribution in [0.25, 0.3) is 0 Å². The van der Waals surface area contributed by atoms with E-state index in [0.29, 0.717) is 30.8 Å². The van der Waals surface area contributed by atoms with Crippen LogP contribution in [0.15, 0.2) is 24.3 Å². The fraction of sp³-hybridized carbons (Fsp3) is 0.438. The lowest BCUT2D eigenvalue weighted by atomic mass is 10.1. The van der Waals surface area contributed by atoms with Crippen molar-refractivity contribution in [3.63, 3.8) is 0 Å². The topological polar surface area (TPSA) is 49.8 Å². The lowest BCUT2D eigenvalue weighted by molar-refractivity contribution is 0.0562. The molecule has 0 bridgehead atoms. The Morgan fingerprint density at radius 1 is 1.50 bits per heavy atom. The molecule has 1 aliphatic rings. The van der Waals surface area contributed by atoms with E-state index in [9.17, 15) is 4.79 Å². The number of ether oxygens (including phenoxy) is 1. The maximum absolute atomic E-state index is 12.6. The van der Waals surface area contributed by atoms with Crippen LogP contribution in [0, 0.1) is 11.8 Å². The SMILES string of the molecule is CC1CN(C(=O)c2ccccc2C#CCO)CCCO1. The first-order valence-corrected chi connectivity index (χ1v) is 6.82. The summed E-state index contributed by atoms with van der Waals surface area (Å²) in [5, 5.41) is 8.79.